The smallest absolute Gasteiger partial charge is 0.0797 e. The molecule has 102 valence electrons. The zero-order valence-electron chi connectivity index (χ0n) is 12.2. The molecule has 1 aromatic rings. The number of nitrogens with one attached hydrogen (secondary N) is 1. The first-order chi connectivity index (χ1) is 8.55. The Bertz CT molecular complexity index is 321. The fourth-order valence-electron chi connectivity index (χ4n) is 1.83. The van der Waals surface area contributed by atoms with E-state index >= 15 is 0 Å². The van der Waals surface area contributed by atoms with Crippen LogP contribution in [-0.4, -0.2) is 19.7 Å². The highest BCUT2D eigenvalue weighted by Gasteiger charge is 2.19. The van der Waals surface area contributed by atoms with Crippen LogP contribution < -0.4 is 5.32 Å². The van der Waals surface area contributed by atoms with Crippen LogP contribution in [0.3, 0.4) is 0 Å². The van der Waals surface area contributed by atoms with E-state index in [2.05, 4.69) is 57.3 Å². The number of rotatable bonds is 8. The minimum atomic E-state index is 0.164. The fraction of sp³-hybridized carbons (Fsp3) is 0.625. The molecule has 0 fully saturated rings. The second kappa shape index (κ2) is 7.55. The third-order valence-electron chi connectivity index (χ3n) is 3.02. The lowest BCUT2D eigenvalue weighted by Crippen LogP contribution is -2.33. The predicted octanol–water partition coefficient (Wildman–Crippen LogP) is 3.79. The zero-order chi connectivity index (χ0) is 13.4. The maximum absolute atomic E-state index is 5.98. The van der Waals surface area contributed by atoms with Crippen LogP contribution in [0.5, 0.6) is 0 Å². The monoisotopic (exact) mass is 249 g/mol. The summed E-state index contributed by atoms with van der Waals surface area (Å²) in [6.07, 6.45) is 1.34. The van der Waals surface area contributed by atoms with Gasteiger partial charge in [0.25, 0.3) is 0 Å². The van der Waals surface area contributed by atoms with Crippen LogP contribution in [0.1, 0.15) is 45.8 Å². The third-order valence-corrected chi connectivity index (χ3v) is 3.02. The minimum Gasteiger partial charge on any atom is -0.373 e. The van der Waals surface area contributed by atoms with Crippen molar-refractivity contribution < 1.29 is 4.74 Å². The number of benzene rings is 1. The van der Waals surface area contributed by atoms with E-state index in [0.29, 0.717) is 0 Å². The van der Waals surface area contributed by atoms with Crippen molar-refractivity contribution in [3.05, 3.63) is 35.9 Å². The molecule has 0 saturated carbocycles. The lowest BCUT2D eigenvalue weighted by atomic mass is 9.94. The van der Waals surface area contributed by atoms with Gasteiger partial charge in [-0.25, -0.2) is 0 Å². The van der Waals surface area contributed by atoms with Crippen molar-refractivity contribution in [3.63, 3.8) is 0 Å². The first-order valence-electron chi connectivity index (χ1n) is 6.92. The average Bonchev–Trinajstić information content (AvgIpc) is 2.37. The molecule has 2 nitrogen and oxygen atoms in total. The van der Waals surface area contributed by atoms with Crippen LogP contribution in [0.4, 0.5) is 0 Å². The van der Waals surface area contributed by atoms with Crippen LogP contribution in [0.2, 0.25) is 0 Å². The van der Waals surface area contributed by atoms with Crippen LogP contribution >= 0.6 is 0 Å². The van der Waals surface area contributed by atoms with Gasteiger partial charge in [-0.15, -0.1) is 0 Å². The van der Waals surface area contributed by atoms with Gasteiger partial charge in [0.05, 0.1) is 12.7 Å². The summed E-state index contributed by atoms with van der Waals surface area (Å²) in [5, 5.41) is 3.46. The summed E-state index contributed by atoms with van der Waals surface area (Å²) >= 11 is 0. The molecule has 1 rings (SSSR count). The molecular formula is C16H27NO. The topological polar surface area (TPSA) is 21.3 Å². The molecule has 0 heterocycles. The summed E-state index contributed by atoms with van der Waals surface area (Å²) < 4.78 is 5.98. The van der Waals surface area contributed by atoms with E-state index in [1.807, 2.05) is 6.07 Å². The van der Waals surface area contributed by atoms with Gasteiger partial charge < -0.3 is 10.1 Å². The van der Waals surface area contributed by atoms with Crippen molar-refractivity contribution >= 4 is 0 Å². The Labute approximate surface area is 112 Å². The summed E-state index contributed by atoms with van der Waals surface area (Å²) in [7, 11) is 0. The summed E-state index contributed by atoms with van der Waals surface area (Å²) in [6, 6.07) is 10.4. The standard InChI is InChI=1S/C16H27NO/c1-5-11-17-12-16(3,4)13-18-14(2)15-9-7-6-8-10-15/h6-10,14,17H,5,11-13H2,1-4H3. The molecule has 1 N–H and O–H groups in total. The van der Waals surface area contributed by atoms with E-state index < -0.39 is 0 Å². The molecule has 0 aliphatic heterocycles. The number of hydrogen-bond donors (Lipinski definition) is 1. The van der Waals surface area contributed by atoms with Crippen LogP contribution in [0, 0.1) is 5.41 Å². The fourth-order valence-corrected chi connectivity index (χ4v) is 1.83. The van der Waals surface area contributed by atoms with E-state index in [1.165, 1.54) is 12.0 Å². The number of hydrogen-bond acceptors (Lipinski definition) is 2. The minimum absolute atomic E-state index is 0.164. The largest absolute Gasteiger partial charge is 0.373 e. The van der Waals surface area contributed by atoms with Crippen LogP contribution in [-0.2, 0) is 4.74 Å². The first kappa shape index (κ1) is 15.2. The van der Waals surface area contributed by atoms with Crippen molar-refractivity contribution in [3.8, 4) is 0 Å². The van der Waals surface area contributed by atoms with E-state index in [4.69, 9.17) is 4.74 Å². The maximum atomic E-state index is 5.98. The molecule has 0 aliphatic rings. The summed E-state index contributed by atoms with van der Waals surface area (Å²) in [4.78, 5) is 0. The van der Waals surface area contributed by atoms with Gasteiger partial charge in [0.1, 0.15) is 0 Å². The molecule has 0 amide bonds. The highest BCUT2D eigenvalue weighted by molar-refractivity contribution is 5.16. The van der Waals surface area contributed by atoms with Gasteiger partial charge in [-0.05, 0) is 25.5 Å². The molecule has 0 radical (unpaired) electrons. The molecule has 2 heteroatoms. The summed E-state index contributed by atoms with van der Waals surface area (Å²) in [5.74, 6) is 0. The van der Waals surface area contributed by atoms with Gasteiger partial charge in [0, 0.05) is 12.0 Å². The Kier molecular flexibility index (Phi) is 6.37. The van der Waals surface area contributed by atoms with Gasteiger partial charge in [-0.2, -0.15) is 0 Å². The van der Waals surface area contributed by atoms with Crippen molar-refractivity contribution in [2.45, 2.75) is 40.2 Å². The second-order valence-corrected chi connectivity index (χ2v) is 5.70. The van der Waals surface area contributed by atoms with Crippen LogP contribution in [0.15, 0.2) is 30.3 Å². The van der Waals surface area contributed by atoms with Crippen molar-refractivity contribution in [2.75, 3.05) is 19.7 Å². The Hall–Kier alpha value is -0.860. The van der Waals surface area contributed by atoms with Gasteiger partial charge >= 0.3 is 0 Å². The molecule has 1 aromatic carbocycles. The molecule has 1 atom stereocenters. The third kappa shape index (κ3) is 5.65. The SMILES string of the molecule is CCCNCC(C)(C)COC(C)c1ccccc1. The van der Waals surface area contributed by atoms with Gasteiger partial charge in [-0.1, -0.05) is 51.1 Å². The molecule has 0 spiro atoms. The van der Waals surface area contributed by atoms with E-state index in [0.717, 1.165) is 19.7 Å². The molecule has 0 saturated heterocycles. The Balaban J connectivity index is 2.35. The predicted molar refractivity (Wildman–Crippen MR) is 77.8 cm³/mol. The number of ether oxygens (including phenoxy) is 1. The lowest BCUT2D eigenvalue weighted by Gasteiger charge is -2.27. The van der Waals surface area contributed by atoms with Gasteiger partial charge in [-0.3, -0.25) is 0 Å². The average molecular weight is 249 g/mol. The van der Waals surface area contributed by atoms with Gasteiger partial charge in [0.15, 0.2) is 0 Å². The Morgan fingerprint density at radius 1 is 1.22 bits per heavy atom. The second-order valence-electron chi connectivity index (χ2n) is 5.70. The van der Waals surface area contributed by atoms with Crippen LogP contribution in [0.25, 0.3) is 0 Å². The maximum Gasteiger partial charge on any atom is 0.0797 e. The van der Waals surface area contributed by atoms with Gasteiger partial charge in [0.2, 0.25) is 0 Å². The molecule has 1 unspecified atom stereocenters. The molecule has 18 heavy (non-hydrogen) atoms. The normalized spacial score (nSPS) is 13.6. The molecule has 0 aromatic heterocycles. The Morgan fingerprint density at radius 3 is 2.50 bits per heavy atom. The van der Waals surface area contributed by atoms with E-state index in [1.54, 1.807) is 0 Å². The first-order valence-corrected chi connectivity index (χ1v) is 6.92. The quantitative estimate of drug-likeness (QED) is 0.708. The highest BCUT2D eigenvalue weighted by Crippen LogP contribution is 2.21. The Morgan fingerprint density at radius 2 is 1.89 bits per heavy atom. The summed E-state index contributed by atoms with van der Waals surface area (Å²) in [6.45, 7) is 11.7. The van der Waals surface area contributed by atoms with E-state index in [9.17, 15) is 0 Å². The lowest BCUT2D eigenvalue weighted by molar-refractivity contribution is 0.0114. The molecule has 0 aliphatic carbocycles. The molecular weight excluding hydrogens is 222 g/mol. The van der Waals surface area contributed by atoms with Crippen molar-refractivity contribution in [1.82, 2.24) is 5.32 Å². The molecule has 0 bridgehead atoms. The summed E-state index contributed by atoms with van der Waals surface area (Å²) in [5.41, 5.74) is 1.42. The van der Waals surface area contributed by atoms with Crippen molar-refractivity contribution in [2.24, 2.45) is 5.41 Å². The van der Waals surface area contributed by atoms with E-state index in [-0.39, 0.29) is 11.5 Å². The zero-order valence-corrected chi connectivity index (χ0v) is 12.2. The highest BCUT2D eigenvalue weighted by atomic mass is 16.5. The van der Waals surface area contributed by atoms with Crippen molar-refractivity contribution in [1.29, 1.82) is 0 Å².